The summed E-state index contributed by atoms with van der Waals surface area (Å²) in [5, 5.41) is 11.8. The summed E-state index contributed by atoms with van der Waals surface area (Å²) >= 11 is 0. The highest BCUT2D eigenvalue weighted by Crippen LogP contribution is 2.18. The fourth-order valence-electron chi connectivity index (χ4n) is 10.3. The van der Waals surface area contributed by atoms with Gasteiger partial charge in [-0.05, 0) is 70.6 Å². The Kier molecular flexibility index (Phi) is 60.6. The molecule has 9 heteroatoms. The SMILES string of the molecule is CCCCCC/C=C\C/C=C\CCCCCCCC(=O)OC(COC(=O)CCCCCCCCCCCCCCCCCCCCCCCCCCCCC/C=C\CCCCCCCCCC)COC(OCC[N+](C)(C)C)C(=O)[O-]. The van der Waals surface area contributed by atoms with E-state index in [1.165, 1.54) is 250 Å². The number of ether oxygens (including phenoxy) is 4. The summed E-state index contributed by atoms with van der Waals surface area (Å²) in [7, 11) is 5.93. The molecule has 0 aliphatic rings. The first-order chi connectivity index (χ1) is 39.1. The minimum absolute atomic E-state index is 0.146. The maximum atomic E-state index is 12.9. The van der Waals surface area contributed by atoms with Crippen molar-refractivity contribution >= 4 is 17.9 Å². The summed E-state index contributed by atoms with van der Waals surface area (Å²) in [6, 6.07) is 0. The molecular formula is C71H133NO8. The van der Waals surface area contributed by atoms with Crippen molar-refractivity contribution in [2.45, 2.75) is 354 Å². The van der Waals surface area contributed by atoms with Crippen LogP contribution < -0.4 is 5.11 Å². The van der Waals surface area contributed by atoms with Crippen LogP contribution in [0.3, 0.4) is 0 Å². The minimum atomic E-state index is -1.62. The third-order valence-electron chi connectivity index (χ3n) is 15.6. The van der Waals surface area contributed by atoms with E-state index in [0.29, 0.717) is 23.9 Å². The number of carboxylic acids is 1. The van der Waals surface area contributed by atoms with Gasteiger partial charge in [0.05, 0.1) is 40.3 Å². The molecule has 2 unspecified atom stereocenters. The van der Waals surface area contributed by atoms with Gasteiger partial charge >= 0.3 is 11.9 Å². The van der Waals surface area contributed by atoms with Gasteiger partial charge < -0.3 is 33.3 Å². The van der Waals surface area contributed by atoms with Crippen LogP contribution in [-0.2, 0) is 33.3 Å². The molecule has 9 nitrogen and oxygen atoms in total. The van der Waals surface area contributed by atoms with Gasteiger partial charge in [0.2, 0.25) is 0 Å². The quantitative estimate of drug-likeness (QED) is 0.0195. The van der Waals surface area contributed by atoms with Crippen LogP contribution in [0.2, 0.25) is 0 Å². The van der Waals surface area contributed by atoms with Crippen molar-refractivity contribution in [3.05, 3.63) is 36.5 Å². The Balaban J connectivity index is 3.92. The number of carboxylic acid groups (broad SMARTS) is 1. The van der Waals surface area contributed by atoms with E-state index in [1.54, 1.807) is 0 Å². The average Bonchev–Trinajstić information content (AvgIpc) is 3.43. The van der Waals surface area contributed by atoms with Gasteiger partial charge in [-0.15, -0.1) is 0 Å². The zero-order chi connectivity index (χ0) is 58.3. The van der Waals surface area contributed by atoms with E-state index >= 15 is 0 Å². The molecule has 0 aromatic heterocycles. The lowest BCUT2D eigenvalue weighted by molar-refractivity contribution is -0.870. The average molecular weight is 1130 g/mol. The maximum absolute atomic E-state index is 12.9. The number of aliphatic carboxylic acids is 1. The lowest BCUT2D eigenvalue weighted by Gasteiger charge is -2.26. The molecule has 0 fully saturated rings. The Hall–Kier alpha value is -2.49. The van der Waals surface area contributed by atoms with Gasteiger partial charge in [-0.2, -0.15) is 0 Å². The number of esters is 2. The number of likely N-dealkylation sites (N-methyl/N-ethyl adjacent to an activating group) is 1. The number of hydrogen-bond donors (Lipinski definition) is 0. The van der Waals surface area contributed by atoms with Crippen LogP contribution in [0.5, 0.6) is 0 Å². The largest absolute Gasteiger partial charge is 0.545 e. The zero-order valence-electron chi connectivity index (χ0n) is 53.7. The Morgan fingerprint density at radius 3 is 1.01 bits per heavy atom. The van der Waals surface area contributed by atoms with Gasteiger partial charge in [0.15, 0.2) is 12.4 Å². The molecule has 0 saturated heterocycles. The molecule has 0 aliphatic heterocycles. The molecule has 80 heavy (non-hydrogen) atoms. The van der Waals surface area contributed by atoms with Gasteiger partial charge in [0.1, 0.15) is 13.2 Å². The van der Waals surface area contributed by atoms with Crippen molar-refractivity contribution in [3.8, 4) is 0 Å². The molecule has 0 N–H and O–H groups in total. The second-order valence-corrected chi connectivity index (χ2v) is 24.8. The van der Waals surface area contributed by atoms with Gasteiger partial charge in [-0.1, -0.05) is 294 Å². The standard InChI is InChI=1S/C71H133NO8/c1-6-8-10-12-14-16-18-20-22-24-25-26-27-28-29-30-31-32-33-34-35-36-37-38-39-40-41-42-43-44-45-46-48-49-51-53-55-57-59-61-68(73)78-65-67(66-79-71(70(75)76)77-64-63-72(3,4)5)80-69(74)62-60-58-56-54-52-50-47-23-21-19-17-15-13-11-9-7-2/h17,19,23-25,47,67,71H,6-16,18,20-22,26-46,48-66H2,1-5H3/b19-17-,25-24-,47-23-. The summed E-state index contributed by atoms with van der Waals surface area (Å²) in [5.41, 5.74) is 0. The van der Waals surface area contributed by atoms with Gasteiger partial charge in [-0.25, -0.2) is 0 Å². The first-order valence-corrected chi connectivity index (χ1v) is 34.6. The topological polar surface area (TPSA) is 111 Å². The Labute approximate surface area is 496 Å². The monoisotopic (exact) mass is 1130 g/mol. The van der Waals surface area contributed by atoms with Crippen LogP contribution in [0, 0.1) is 0 Å². The van der Waals surface area contributed by atoms with Crippen LogP contribution >= 0.6 is 0 Å². The van der Waals surface area contributed by atoms with Gasteiger partial charge in [0.25, 0.3) is 0 Å². The fraction of sp³-hybridized carbons (Fsp3) is 0.873. The highest BCUT2D eigenvalue weighted by atomic mass is 16.7. The molecule has 2 atom stereocenters. The van der Waals surface area contributed by atoms with Gasteiger partial charge in [0, 0.05) is 12.8 Å². The third kappa shape index (κ3) is 63.1. The van der Waals surface area contributed by atoms with E-state index < -0.39 is 24.3 Å². The summed E-state index contributed by atoms with van der Waals surface area (Å²) < 4.78 is 22.7. The van der Waals surface area contributed by atoms with Crippen molar-refractivity contribution < 1.29 is 42.9 Å². The van der Waals surface area contributed by atoms with Crippen molar-refractivity contribution in [2.24, 2.45) is 0 Å². The molecule has 0 aromatic carbocycles. The number of unbranched alkanes of at least 4 members (excludes halogenated alkanes) is 44. The summed E-state index contributed by atoms with van der Waals surface area (Å²) in [4.78, 5) is 37.3. The smallest absolute Gasteiger partial charge is 0.306 e. The highest BCUT2D eigenvalue weighted by molar-refractivity contribution is 5.70. The first-order valence-electron chi connectivity index (χ1n) is 34.6. The number of carbonyl (C=O) groups excluding carboxylic acids is 3. The molecular weight excluding hydrogens is 995 g/mol. The van der Waals surface area contributed by atoms with Crippen LogP contribution in [0.1, 0.15) is 341 Å². The summed E-state index contributed by atoms with van der Waals surface area (Å²) in [6.45, 7) is 4.76. The van der Waals surface area contributed by atoms with Crippen LogP contribution in [0.25, 0.3) is 0 Å². The highest BCUT2D eigenvalue weighted by Gasteiger charge is 2.22. The van der Waals surface area contributed by atoms with Gasteiger partial charge in [-0.3, -0.25) is 9.59 Å². The van der Waals surface area contributed by atoms with E-state index in [2.05, 4.69) is 50.3 Å². The Bertz CT molecular complexity index is 1410. The molecule has 0 aromatic rings. The molecule has 0 amide bonds. The number of rotatable bonds is 65. The van der Waals surface area contributed by atoms with Crippen LogP contribution in [0.15, 0.2) is 36.5 Å². The molecule has 0 aliphatic carbocycles. The molecule has 0 rings (SSSR count). The number of allylic oxidation sites excluding steroid dienone is 6. The lowest BCUT2D eigenvalue weighted by atomic mass is 10.0. The fourth-order valence-corrected chi connectivity index (χ4v) is 10.3. The first kappa shape index (κ1) is 77.5. The van der Waals surface area contributed by atoms with E-state index in [-0.39, 0.29) is 32.2 Å². The Morgan fingerprint density at radius 2 is 0.675 bits per heavy atom. The van der Waals surface area contributed by atoms with Crippen molar-refractivity contribution in [1.82, 2.24) is 0 Å². The molecule has 0 bridgehead atoms. The number of quaternary nitrogens is 1. The minimum Gasteiger partial charge on any atom is -0.545 e. The van der Waals surface area contributed by atoms with Crippen molar-refractivity contribution in [3.63, 3.8) is 0 Å². The van der Waals surface area contributed by atoms with Crippen LogP contribution in [0.4, 0.5) is 0 Å². The molecule has 0 saturated carbocycles. The second-order valence-electron chi connectivity index (χ2n) is 24.8. The lowest BCUT2D eigenvalue weighted by Crippen LogP contribution is -2.44. The third-order valence-corrected chi connectivity index (χ3v) is 15.6. The Morgan fingerprint density at radius 1 is 0.375 bits per heavy atom. The zero-order valence-corrected chi connectivity index (χ0v) is 53.7. The molecule has 0 spiro atoms. The second kappa shape index (κ2) is 62.6. The predicted molar refractivity (Wildman–Crippen MR) is 339 cm³/mol. The summed E-state index contributed by atoms with van der Waals surface area (Å²) in [6.07, 6.45) is 75.4. The number of nitrogens with zero attached hydrogens (tertiary/aromatic N) is 1. The normalized spacial score (nSPS) is 12.9. The summed E-state index contributed by atoms with van der Waals surface area (Å²) in [5.74, 6) is -2.28. The number of hydrogen-bond acceptors (Lipinski definition) is 8. The van der Waals surface area contributed by atoms with E-state index in [4.69, 9.17) is 18.9 Å². The van der Waals surface area contributed by atoms with Crippen molar-refractivity contribution in [1.29, 1.82) is 0 Å². The number of carbonyl (C=O) groups is 3. The van der Waals surface area contributed by atoms with E-state index in [9.17, 15) is 19.5 Å². The molecule has 0 heterocycles. The van der Waals surface area contributed by atoms with E-state index in [1.807, 2.05) is 21.1 Å². The van der Waals surface area contributed by atoms with Crippen molar-refractivity contribution in [2.75, 3.05) is 47.5 Å². The van der Waals surface area contributed by atoms with Crippen LogP contribution in [-0.4, -0.2) is 82.3 Å². The maximum Gasteiger partial charge on any atom is 0.306 e. The molecule has 470 valence electrons. The predicted octanol–water partition coefficient (Wildman–Crippen LogP) is 19.9. The van der Waals surface area contributed by atoms with E-state index in [0.717, 1.165) is 57.8 Å². The molecule has 0 radical (unpaired) electrons.